The zero-order valence-electron chi connectivity index (χ0n) is 12.7. The number of amides is 1. The lowest BCUT2D eigenvalue weighted by atomic mass is 10.1. The summed E-state index contributed by atoms with van der Waals surface area (Å²) in [5.41, 5.74) is 0.723. The van der Waals surface area contributed by atoms with Gasteiger partial charge in [0, 0.05) is 17.3 Å². The van der Waals surface area contributed by atoms with Gasteiger partial charge in [-0.1, -0.05) is 17.7 Å². The van der Waals surface area contributed by atoms with E-state index in [1.165, 1.54) is 0 Å². The van der Waals surface area contributed by atoms with Crippen LogP contribution < -0.4 is 5.32 Å². The van der Waals surface area contributed by atoms with Crippen molar-refractivity contribution in [3.8, 4) is 0 Å². The first-order valence-electron chi connectivity index (χ1n) is 6.60. The molecule has 0 radical (unpaired) electrons. The van der Waals surface area contributed by atoms with Gasteiger partial charge in [-0.25, -0.2) is 0 Å². The van der Waals surface area contributed by atoms with Crippen molar-refractivity contribution in [3.05, 3.63) is 28.8 Å². The number of carbonyl (C=O) groups excluding carboxylic acids is 1. The molecule has 0 saturated heterocycles. The fourth-order valence-corrected chi connectivity index (χ4v) is 2.10. The SMILES string of the molecule is Cc1c(Cl)cccc1NC(=O)C(C)N(C)CC(C)(C)O. The Bertz CT molecular complexity index is 483. The van der Waals surface area contributed by atoms with Crippen LogP contribution in [-0.4, -0.2) is 41.1 Å². The van der Waals surface area contributed by atoms with Crippen LogP contribution in [0.2, 0.25) is 5.02 Å². The van der Waals surface area contributed by atoms with Gasteiger partial charge in [0.25, 0.3) is 0 Å². The van der Waals surface area contributed by atoms with Crippen molar-refractivity contribution in [3.63, 3.8) is 0 Å². The summed E-state index contributed by atoms with van der Waals surface area (Å²) in [7, 11) is 1.81. The molecule has 0 bridgehead atoms. The molecule has 5 heteroatoms. The maximum atomic E-state index is 12.2. The molecule has 0 aliphatic carbocycles. The number of benzene rings is 1. The molecule has 0 spiro atoms. The molecule has 4 nitrogen and oxygen atoms in total. The molecule has 0 fully saturated rings. The molecular formula is C15H23ClN2O2. The maximum absolute atomic E-state index is 12.2. The van der Waals surface area contributed by atoms with Crippen LogP contribution in [0.25, 0.3) is 0 Å². The predicted molar refractivity (Wildman–Crippen MR) is 83.2 cm³/mol. The summed E-state index contributed by atoms with van der Waals surface area (Å²) in [6, 6.07) is 5.06. The Morgan fingerprint density at radius 2 is 2.10 bits per heavy atom. The monoisotopic (exact) mass is 298 g/mol. The van der Waals surface area contributed by atoms with Gasteiger partial charge in [-0.15, -0.1) is 0 Å². The number of nitrogens with one attached hydrogen (secondary N) is 1. The van der Waals surface area contributed by atoms with E-state index in [1.54, 1.807) is 32.9 Å². The summed E-state index contributed by atoms with van der Waals surface area (Å²) in [4.78, 5) is 14.0. The highest BCUT2D eigenvalue weighted by atomic mass is 35.5. The van der Waals surface area contributed by atoms with Crippen LogP contribution >= 0.6 is 11.6 Å². The molecule has 0 aliphatic rings. The Labute approximate surface area is 125 Å². The number of halogens is 1. The lowest BCUT2D eigenvalue weighted by molar-refractivity contribution is -0.121. The number of nitrogens with zero attached hydrogens (tertiary/aromatic N) is 1. The second-order valence-electron chi connectivity index (χ2n) is 5.81. The standard InChI is InChI=1S/C15H23ClN2O2/c1-10-12(16)7-6-8-13(10)17-14(19)11(2)18(5)9-15(3,4)20/h6-8,11,20H,9H2,1-5H3,(H,17,19). The van der Waals surface area contributed by atoms with Crippen LogP contribution in [0.15, 0.2) is 18.2 Å². The molecule has 0 aliphatic heterocycles. The molecular weight excluding hydrogens is 276 g/mol. The largest absolute Gasteiger partial charge is 0.389 e. The number of hydrogen-bond acceptors (Lipinski definition) is 3. The van der Waals surface area contributed by atoms with Gasteiger partial charge in [-0.3, -0.25) is 9.69 Å². The fraction of sp³-hybridized carbons (Fsp3) is 0.533. The molecule has 1 amide bonds. The summed E-state index contributed by atoms with van der Waals surface area (Å²) in [6.45, 7) is 7.52. The Hall–Kier alpha value is -1.10. The van der Waals surface area contributed by atoms with Crippen LogP contribution in [-0.2, 0) is 4.79 Å². The van der Waals surface area contributed by atoms with E-state index in [1.807, 2.05) is 24.9 Å². The Kier molecular flexibility index (Phi) is 5.57. The minimum absolute atomic E-state index is 0.123. The van der Waals surface area contributed by atoms with Crippen LogP contribution in [0.3, 0.4) is 0 Å². The van der Waals surface area contributed by atoms with Crippen molar-refractivity contribution in [2.75, 3.05) is 18.9 Å². The van der Waals surface area contributed by atoms with Gasteiger partial charge >= 0.3 is 0 Å². The summed E-state index contributed by atoms with van der Waals surface area (Å²) in [5, 5.41) is 13.3. The Balaban J connectivity index is 2.73. The molecule has 1 unspecified atom stereocenters. The summed E-state index contributed by atoms with van der Waals surface area (Å²) >= 11 is 6.03. The van der Waals surface area contributed by atoms with Gasteiger partial charge in [0.05, 0.1) is 11.6 Å². The molecule has 112 valence electrons. The predicted octanol–water partition coefficient (Wildman–Crippen LogP) is 2.68. The molecule has 0 heterocycles. The van der Waals surface area contributed by atoms with Crippen LogP contribution in [0, 0.1) is 6.92 Å². The van der Waals surface area contributed by atoms with Gasteiger partial charge in [0.15, 0.2) is 0 Å². The first-order chi connectivity index (χ1) is 9.11. The van der Waals surface area contributed by atoms with Gasteiger partial charge in [0.2, 0.25) is 5.91 Å². The van der Waals surface area contributed by atoms with Crippen molar-refractivity contribution in [2.24, 2.45) is 0 Å². The normalized spacial score (nSPS) is 13.4. The summed E-state index contributed by atoms with van der Waals surface area (Å²) in [6.07, 6.45) is 0. The topological polar surface area (TPSA) is 52.6 Å². The van der Waals surface area contributed by atoms with Gasteiger partial charge in [0.1, 0.15) is 0 Å². The minimum atomic E-state index is -0.838. The quantitative estimate of drug-likeness (QED) is 0.879. The number of anilines is 1. The van der Waals surface area contributed by atoms with Crippen molar-refractivity contribution >= 4 is 23.2 Å². The first kappa shape index (κ1) is 17.0. The summed E-state index contributed by atoms with van der Waals surface area (Å²) in [5.74, 6) is -0.123. The van der Waals surface area contributed by atoms with Crippen LogP contribution in [0.1, 0.15) is 26.3 Å². The van der Waals surface area contributed by atoms with E-state index in [2.05, 4.69) is 5.32 Å². The third-order valence-electron chi connectivity index (χ3n) is 3.20. The summed E-state index contributed by atoms with van der Waals surface area (Å²) < 4.78 is 0. The van der Waals surface area contributed by atoms with Crippen molar-refractivity contribution < 1.29 is 9.90 Å². The molecule has 0 aromatic heterocycles. The number of likely N-dealkylation sites (N-methyl/N-ethyl adjacent to an activating group) is 1. The van der Waals surface area contributed by atoms with Gasteiger partial charge < -0.3 is 10.4 Å². The van der Waals surface area contributed by atoms with Crippen LogP contribution in [0.5, 0.6) is 0 Å². The third-order valence-corrected chi connectivity index (χ3v) is 3.61. The Morgan fingerprint density at radius 3 is 2.65 bits per heavy atom. The Morgan fingerprint density at radius 1 is 1.50 bits per heavy atom. The molecule has 1 rings (SSSR count). The van der Waals surface area contributed by atoms with Crippen LogP contribution in [0.4, 0.5) is 5.69 Å². The third kappa shape index (κ3) is 4.78. The second kappa shape index (κ2) is 6.57. The van der Waals surface area contributed by atoms with Gasteiger partial charge in [-0.05, 0) is 52.4 Å². The van der Waals surface area contributed by atoms with Gasteiger partial charge in [-0.2, -0.15) is 0 Å². The molecule has 1 aromatic carbocycles. The number of aliphatic hydroxyl groups is 1. The number of rotatable bonds is 5. The van der Waals surface area contributed by atoms with Crippen molar-refractivity contribution in [1.29, 1.82) is 0 Å². The van der Waals surface area contributed by atoms with E-state index >= 15 is 0 Å². The van der Waals surface area contributed by atoms with Crippen molar-refractivity contribution in [2.45, 2.75) is 39.3 Å². The fourth-order valence-electron chi connectivity index (χ4n) is 1.93. The van der Waals surface area contributed by atoms with E-state index in [0.29, 0.717) is 17.3 Å². The average molecular weight is 299 g/mol. The lowest BCUT2D eigenvalue weighted by Crippen LogP contribution is -2.46. The average Bonchev–Trinajstić information content (AvgIpc) is 2.31. The molecule has 2 N–H and O–H groups in total. The van der Waals surface area contributed by atoms with Crippen molar-refractivity contribution in [1.82, 2.24) is 4.90 Å². The maximum Gasteiger partial charge on any atom is 0.241 e. The molecule has 20 heavy (non-hydrogen) atoms. The first-order valence-corrected chi connectivity index (χ1v) is 6.98. The lowest BCUT2D eigenvalue weighted by Gasteiger charge is -2.29. The number of carbonyl (C=O) groups is 1. The van der Waals surface area contributed by atoms with E-state index in [4.69, 9.17) is 11.6 Å². The molecule has 1 atom stereocenters. The highest BCUT2D eigenvalue weighted by Gasteiger charge is 2.24. The van der Waals surface area contributed by atoms with E-state index in [-0.39, 0.29) is 11.9 Å². The molecule has 1 aromatic rings. The zero-order chi connectivity index (χ0) is 15.5. The minimum Gasteiger partial charge on any atom is -0.389 e. The highest BCUT2D eigenvalue weighted by Crippen LogP contribution is 2.23. The van der Waals surface area contributed by atoms with E-state index < -0.39 is 5.60 Å². The number of hydrogen-bond donors (Lipinski definition) is 2. The highest BCUT2D eigenvalue weighted by molar-refractivity contribution is 6.31. The van der Waals surface area contributed by atoms with E-state index in [0.717, 1.165) is 5.56 Å². The second-order valence-corrected chi connectivity index (χ2v) is 6.21. The zero-order valence-corrected chi connectivity index (χ0v) is 13.5. The molecule has 0 saturated carbocycles. The van der Waals surface area contributed by atoms with E-state index in [9.17, 15) is 9.90 Å². The smallest absolute Gasteiger partial charge is 0.241 e.